The lowest BCUT2D eigenvalue weighted by atomic mass is 9.98. The third-order valence-electron chi connectivity index (χ3n) is 4.32. The highest BCUT2D eigenvalue weighted by atomic mass is 16.5. The van der Waals surface area contributed by atoms with E-state index in [9.17, 15) is 4.79 Å². The fraction of sp³-hybridized carbons (Fsp3) is 0.0909. The number of carbonyl (C=O) groups excluding carboxylic acids is 1. The molecule has 0 amide bonds. The van der Waals surface area contributed by atoms with Crippen molar-refractivity contribution in [3.8, 4) is 22.4 Å². The van der Waals surface area contributed by atoms with E-state index < -0.39 is 0 Å². The lowest BCUT2D eigenvalue weighted by Crippen LogP contribution is -2.04. The third-order valence-corrected chi connectivity index (χ3v) is 4.32. The van der Waals surface area contributed by atoms with Gasteiger partial charge in [-0.05, 0) is 42.3 Å². The van der Waals surface area contributed by atoms with Crippen LogP contribution in [0.3, 0.4) is 0 Å². The van der Waals surface area contributed by atoms with E-state index in [-0.39, 0.29) is 5.97 Å². The van der Waals surface area contributed by atoms with Gasteiger partial charge in [0.15, 0.2) is 0 Å². The normalized spacial score (nSPS) is 10.8. The molecule has 0 bridgehead atoms. The molecule has 0 spiro atoms. The van der Waals surface area contributed by atoms with Gasteiger partial charge in [0, 0.05) is 17.1 Å². The van der Waals surface area contributed by atoms with Gasteiger partial charge in [-0.1, -0.05) is 42.5 Å². The van der Waals surface area contributed by atoms with E-state index in [0.29, 0.717) is 12.2 Å². The third kappa shape index (κ3) is 2.86. The molecule has 0 atom stereocenters. The second kappa shape index (κ2) is 6.84. The zero-order chi connectivity index (χ0) is 17.9. The Bertz CT molecular complexity index is 1050. The van der Waals surface area contributed by atoms with Crippen molar-refractivity contribution in [3.05, 3.63) is 78.5 Å². The van der Waals surface area contributed by atoms with Gasteiger partial charge in [-0.25, -0.2) is 9.78 Å². The lowest BCUT2D eigenvalue weighted by Gasteiger charge is -2.07. The van der Waals surface area contributed by atoms with Crippen molar-refractivity contribution in [2.45, 2.75) is 6.92 Å². The number of benzene rings is 2. The van der Waals surface area contributed by atoms with Crippen LogP contribution in [0.5, 0.6) is 0 Å². The number of ether oxygens (including phenoxy) is 1. The van der Waals surface area contributed by atoms with Gasteiger partial charge >= 0.3 is 5.97 Å². The Balaban J connectivity index is 1.86. The molecule has 0 aliphatic heterocycles. The highest BCUT2D eigenvalue weighted by Gasteiger charge is 2.16. The van der Waals surface area contributed by atoms with E-state index in [1.807, 2.05) is 36.4 Å². The summed E-state index contributed by atoms with van der Waals surface area (Å²) in [6, 6.07) is 21.7. The van der Waals surface area contributed by atoms with Gasteiger partial charge in [-0.15, -0.1) is 0 Å². The SMILES string of the molecule is CCOC(=O)c1ccc(-c2c(-c3ccccc3)[nH]c3ncccc23)cc1. The van der Waals surface area contributed by atoms with E-state index in [1.165, 1.54) is 0 Å². The van der Waals surface area contributed by atoms with E-state index >= 15 is 0 Å². The van der Waals surface area contributed by atoms with Crippen molar-refractivity contribution in [2.24, 2.45) is 0 Å². The van der Waals surface area contributed by atoms with E-state index in [2.05, 4.69) is 28.2 Å². The summed E-state index contributed by atoms with van der Waals surface area (Å²) in [6.07, 6.45) is 1.78. The number of aromatic nitrogens is 2. The number of nitrogens with zero attached hydrogens (tertiary/aromatic N) is 1. The first-order valence-corrected chi connectivity index (χ1v) is 8.57. The Labute approximate surface area is 151 Å². The number of pyridine rings is 1. The minimum atomic E-state index is -0.303. The molecule has 2 aromatic heterocycles. The smallest absolute Gasteiger partial charge is 0.338 e. The number of carbonyl (C=O) groups is 1. The minimum Gasteiger partial charge on any atom is -0.462 e. The van der Waals surface area contributed by atoms with Crippen molar-refractivity contribution < 1.29 is 9.53 Å². The molecule has 26 heavy (non-hydrogen) atoms. The second-order valence-electron chi connectivity index (χ2n) is 5.94. The first-order chi connectivity index (χ1) is 12.8. The number of H-pyrrole nitrogens is 1. The number of esters is 1. The maximum absolute atomic E-state index is 11.9. The van der Waals surface area contributed by atoms with Crippen LogP contribution in [0.1, 0.15) is 17.3 Å². The Morgan fingerprint density at radius 3 is 2.46 bits per heavy atom. The highest BCUT2D eigenvalue weighted by Crippen LogP contribution is 2.37. The minimum absolute atomic E-state index is 0.303. The van der Waals surface area contributed by atoms with Crippen LogP contribution in [0.2, 0.25) is 0 Å². The molecule has 0 saturated carbocycles. The molecule has 4 aromatic rings. The summed E-state index contributed by atoms with van der Waals surface area (Å²) in [7, 11) is 0. The first kappa shape index (κ1) is 16.1. The zero-order valence-electron chi connectivity index (χ0n) is 14.4. The van der Waals surface area contributed by atoms with Gasteiger partial charge in [0.1, 0.15) is 5.65 Å². The van der Waals surface area contributed by atoms with Crippen molar-refractivity contribution in [1.29, 1.82) is 0 Å². The van der Waals surface area contributed by atoms with Gasteiger partial charge in [0.25, 0.3) is 0 Å². The largest absolute Gasteiger partial charge is 0.462 e. The Morgan fingerprint density at radius 2 is 1.73 bits per heavy atom. The quantitative estimate of drug-likeness (QED) is 0.527. The molecule has 0 aliphatic carbocycles. The maximum atomic E-state index is 11.9. The predicted molar refractivity (Wildman–Crippen MR) is 103 cm³/mol. The molecule has 128 valence electrons. The van der Waals surface area contributed by atoms with Gasteiger partial charge in [-0.2, -0.15) is 0 Å². The number of aromatic amines is 1. The summed E-state index contributed by atoms with van der Waals surface area (Å²) in [6.45, 7) is 2.17. The first-order valence-electron chi connectivity index (χ1n) is 8.57. The average molecular weight is 342 g/mol. The Hall–Kier alpha value is -3.40. The fourth-order valence-electron chi connectivity index (χ4n) is 3.13. The molecule has 2 heterocycles. The van der Waals surface area contributed by atoms with Crippen LogP contribution < -0.4 is 0 Å². The standard InChI is InChI=1S/C22H18N2O2/c1-2-26-22(25)17-12-10-15(11-13-17)19-18-9-6-14-23-21(18)24-20(19)16-7-4-3-5-8-16/h3-14H,2H2,1H3,(H,23,24). The Morgan fingerprint density at radius 1 is 0.962 bits per heavy atom. The van der Waals surface area contributed by atoms with E-state index in [4.69, 9.17) is 4.74 Å². The van der Waals surface area contributed by atoms with Crippen LogP contribution in [0.15, 0.2) is 72.9 Å². The molecule has 4 rings (SSSR count). The van der Waals surface area contributed by atoms with Gasteiger partial charge in [-0.3, -0.25) is 0 Å². The van der Waals surface area contributed by atoms with Crippen molar-refractivity contribution >= 4 is 17.0 Å². The summed E-state index contributed by atoms with van der Waals surface area (Å²) < 4.78 is 5.07. The van der Waals surface area contributed by atoms with E-state index in [1.54, 1.807) is 25.3 Å². The van der Waals surface area contributed by atoms with Crippen LogP contribution in [0.4, 0.5) is 0 Å². The number of rotatable bonds is 4. The summed E-state index contributed by atoms with van der Waals surface area (Å²) in [5.41, 5.74) is 5.61. The summed E-state index contributed by atoms with van der Waals surface area (Å²) in [4.78, 5) is 19.8. The number of hydrogen-bond donors (Lipinski definition) is 1. The lowest BCUT2D eigenvalue weighted by molar-refractivity contribution is 0.0526. The summed E-state index contributed by atoms with van der Waals surface area (Å²) in [5.74, 6) is -0.303. The molecule has 0 unspecified atom stereocenters. The van der Waals surface area contributed by atoms with Gasteiger partial charge < -0.3 is 9.72 Å². The molecule has 0 saturated heterocycles. The molecule has 0 radical (unpaired) electrons. The number of nitrogens with one attached hydrogen (secondary N) is 1. The van der Waals surface area contributed by atoms with Crippen LogP contribution in [-0.4, -0.2) is 22.5 Å². The molecule has 0 fully saturated rings. The van der Waals surface area contributed by atoms with Gasteiger partial charge in [0.2, 0.25) is 0 Å². The molecule has 4 heteroatoms. The zero-order valence-corrected chi connectivity index (χ0v) is 14.4. The van der Waals surface area contributed by atoms with Crippen LogP contribution in [0, 0.1) is 0 Å². The Kier molecular flexibility index (Phi) is 4.23. The van der Waals surface area contributed by atoms with Crippen molar-refractivity contribution in [3.63, 3.8) is 0 Å². The summed E-state index contributed by atoms with van der Waals surface area (Å²) in [5, 5.41) is 1.05. The highest BCUT2D eigenvalue weighted by molar-refractivity contribution is 6.02. The molecule has 4 nitrogen and oxygen atoms in total. The average Bonchev–Trinajstić information content (AvgIpc) is 3.08. The molecule has 1 N–H and O–H groups in total. The monoisotopic (exact) mass is 342 g/mol. The van der Waals surface area contributed by atoms with Crippen LogP contribution in [0.25, 0.3) is 33.4 Å². The predicted octanol–water partition coefficient (Wildman–Crippen LogP) is 5.07. The number of fused-ring (bicyclic) bond motifs is 1. The number of hydrogen-bond acceptors (Lipinski definition) is 3. The summed E-state index contributed by atoms with van der Waals surface area (Å²) >= 11 is 0. The molecular weight excluding hydrogens is 324 g/mol. The fourth-order valence-corrected chi connectivity index (χ4v) is 3.13. The molecule has 0 aliphatic rings. The van der Waals surface area contributed by atoms with Crippen molar-refractivity contribution in [1.82, 2.24) is 9.97 Å². The van der Waals surface area contributed by atoms with Crippen LogP contribution in [-0.2, 0) is 4.74 Å². The topological polar surface area (TPSA) is 55.0 Å². The maximum Gasteiger partial charge on any atom is 0.338 e. The van der Waals surface area contributed by atoms with Crippen LogP contribution >= 0.6 is 0 Å². The molecular formula is C22H18N2O2. The molecule has 2 aromatic carbocycles. The van der Waals surface area contributed by atoms with E-state index in [0.717, 1.165) is 33.4 Å². The van der Waals surface area contributed by atoms with Crippen molar-refractivity contribution in [2.75, 3.05) is 6.61 Å². The second-order valence-corrected chi connectivity index (χ2v) is 5.94. The van der Waals surface area contributed by atoms with Gasteiger partial charge in [0.05, 0.1) is 17.9 Å².